The Bertz CT molecular complexity index is 716. The van der Waals surface area contributed by atoms with Gasteiger partial charge in [0.2, 0.25) is 0 Å². The van der Waals surface area contributed by atoms with Gasteiger partial charge in [0.25, 0.3) is 0 Å². The van der Waals surface area contributed by atoms with Gasteiger partial charge in [-0.3, -0.25) is 0 Å². The van der Waals surface area contributed by atoms with Crippen molar-refractivity contribution in [3.05, 3.63) is 24.2 Å². The smallest absolute Gasteiger partial charge is 0.164 e. The van der Waals surface area contributed by atoms with E-state index >= 15 is 0 Å². The first-order chi connectivity index (χ1) is 10.5. The van der Waals surface area contributed by atoms with E-state index in [4.69, 9.17) is 19.9 Å². The molecule has 0 bridgehead atoms. The average molecular weight is 306 g/mol. The topological polar surface area (TPSA) is 104 Å². The van der Waals surface area contributed by atoms with Crippen molar-refractivity contribution in [2.45, 2.75) is 44.1 Å². The molecule has 4 atom stereocenters. The van der Waals surface area contributed by atoms with Crippen LogP contribution in [0, 0.1) is 0 Å². The maximum Gasteiger partial charge on any atom is 0.164 e. The van der Waals surface area contributed by atoms with Gasteiger partial charge in [0.05, 0.1) is 12.3 Å². The first-order valence-corrected chi connectivity index (χ1v) is 7.20. The fourth-order valence-corrected chi connectivity index (χ4v) is 3.26. The van der Waals surface area contributed by atoms with Gasteiger partial charge in [-0.1, -0.05) is 0 Å². The minimum Gasteiger partial charge on any atom is -0.394 e. The number of nitrogen functional groups attached to an aromatic ring is 1. The second kappa shape index (κ2) is 4.63. The molecule has 2 saturated heterocycles. The van der Waals surface area contributed by atoms with Crippen LogP contribution < -0.4 is 5.73 Å². The van der Waals surface area contributed by atoms with Crippen molar-refractivity contribution in [1.82, 2.24) is 14.6 Å². The number of fused-ring (bicyclic) bond motifs is 2. The Morgan fingerprint density at radius 3 is 2.86 bits per heavy atom. The van der Waals surface area contributed by atoms with Crippen LogP contribution in [0.4, 0.5) is 5.82 Å². The third kappa shape index (κ3) is 1.92. The summed E-state index contributed by atoms with van der Waals surface area (Å²) >= 11 is 0. The van der Waals surface area contributed by atoms with Crippen LogP contribution in [0.25, 0.3) is 5.52 Å². The quantitative estimate of drug-likeness (QED) is 0.820. The molecule has 0 radical (unpaired) electrons. The van der Waals surface area contributed by atoms with Crippen LogP contribution in [-0.2, 0) is 14.2 Å². The molecule has 0 aromatic carbocycles. The molecule has 2 aromatic heterocycles. The molecule has 2 aliphatic rings. The lowest BCUT2D eigenvalue weighted by Gasteiger charge is -2.23. The lowest BCUT2D eigenvalue weighted by Crippen LogP contribution is -2.31. The number of anilines is 1. The Morgan fingerprint density at radius 1 is 1.32 bits per heavy atom. The zero-order valence-corrected chi connectivity index (χ0v) is 12.3. The van der Waals surface area contributed by atoms with Crippen molar-refractivity contribution in [3.63, 3.8) is 0 Å². The number of aromatic nitrogens is 3. The van der Waals surface area contributed by atoms with Gasteiger partial charge < -0.3 is 25.1 Å². The van der Waals surface area contributed by atoms with Crippen LogP contribution in [0.1, 0.15) is 25.6 Å². The molecular weight excluding hydrogens is 288 g/mol. The molecule has 0 spiro atoms. The van der Waals surface area contributed by atoms with Gasteiger partial charge in [-0.25, -0.2) is 9.50 Å². The molecule has 0 amide bonds. The van der Waals surface area contributed by atoms with Gasteiger partial charge in [0.1, 0.15) is 36.3 Å². The molecule has 8 heteroatoms. The van der Waals surface area contributed by atoms with E-state index in [-0.39, 0.29) is 24.9 Å². The average Bonchev–Trinajstić information content (AvgIpc) is 3.10. The van der Waals surface area contributed by atoms with Crippen molar-refractivity contribution in [1.29, 1.82) is 0 Å². The minimum atomic E-state index is -0.703. The highest BCUT2D eigenvalue weighted by Gasteiger charge is 2.55. The van der Waals surface area contributed by atoms with E-state index in [1.54, 1.807) is 4.52 Å². The number of nitrogens with zero attached hydrogens (tertiary/aromatic N) is 3. The fraction of sp³-hybridized carbons (Fsp3) is 0.571. The molecule has 4 heterocycles. The van der Waals surface area contributed by atoms with E-state index in [9.17, 15) is 5.11 Å². The minimum absolute atomic E-state index is 0.127. The Morgan fingerprint density at radius 2 is 2.09 bits per heavy atom. The summed E-state index contributed by atoms with van der Waals surface area (Å²) in [5.41, 5.74) is 7.38. The van der Waals surface area contributed by atoms with E-state index in [0.717, 1.165) is 5.69 Å². The third-order valence-electron chi connectivity index (χ3n) is 4.13. The van der Waals surface area contributed by atoms with Gasteiger partial charge in [0.15, 0.2) is 11.6 Å². The Balaban J connectivity index is 1.77. The molecule has 2 fully saturated rings. The normalized spacial score (nSPS) is 33.4. The number of rotatable bonds is 2. The number of hydrogen-bond donors (Lipinski definition) is 2. The van der Waals surface area contributed by atoms with E-state index in [0.29, 0.717) is 11.3 Å². The third-order valence-corrected chi connectivity index (χ3v) is 4.13. The molecule has 0 aliphatic carbocycles. The van der Waals surface area contributed by atoms with Crippen LogP contribution in [0.15, 0.2) is 18.5 Å². The largest absolute Gasteiger partial charge is 0.394 e. The molecule has 22 heavy (non-hydrogen) atoms. The number of hydrogen-bond acceptors (Lipinski definition) is 7. The van der Waals surface area contributed by atoms with Crippen molar-refractivity contribution in [2.24, 2.45) is 0 Å². The van der Waals surface area contributed by atoms with Crippen LogP contribution in [0.3, 0.4) is 0 Å². The summed E-state index contributed by atoms with van der Waals surface area (Å²) in [5.74, 6) is -0.301. The molecular formula is C14H18N4O4. The second-order valence-corrected chi connectivity index (χ2v) is 6.04. The Kier molecular flexibility index (Phi) is 2.92. The summed E-state index contributed by atoms with van der Waals surface area (Å²) in [7, 11) is 0. The first kappa shape index (κ1) is 13.9. The van der Waals surface area contributed by atoms with Crippen molar-refractivity contribution in [2.75, 3.05) is 12.3 Å². The lowest BCUT2D eigenvalue weighted by atomic mass is 10.1. The summed E-state index contributed by atoms with van der Waals surface area (Å²) < 4.78 is 19.5. The summed E-state index contributed by atoms with van der Waals surface area (Å²) in [5, 5.41) is 13.8. The van der Waals surface area contributed by atoms with Crippen LogP contribution in [0.2, 0.25) is 0 Å². The molecule has 1 unspecified atom stereocenters. The SMILES string of the molecule is CC1(C)O[C@@H]2[C@@H](CO)OC(c3ccc4c(N)ncnn34)[C@@H]2O1. The first-order valence-electron chi connectivity index (χ1n) is 7.20. The van der Waals surface area contributed by atoms with Crippen LogP contribution >= 0.6 is 0 Å². The summed E-state index contributed by atoms with van der Waals surface area (Å²) in [6.45, 7) is 3.58. The summed E-state index contributed by atoms with van der Waals surface area (Å²) in [6.07, 6.45) is -0.0315. The molecule has 118 valence electrons. The molecule has 4 rings (SSSR count). The molecule has 3 N–H and O–H groups in total. The van der Waals surface area contributed by atoms with E-state index in [1.807, 2.05) is 26.0 Å². The molecule has 2 aliphatic heterocycles. The van der Waals surface area contributed by atoms with Crippen LogP contribution in [0.5, 0.6) is 0 Å². The Hall–Kier alpha value is -1.74. The van der Waals surface area contributed by atoms with Gasteiger partial charge in [0, 0.05) is 0 Å². The maximum absolute atomic E-state index is 9.54. The summed E-state index contributed by atoms with van der Waals surface area (Å²) in [6, 6.07) is 3.73. The highest BCUT2D eigenvalue weighted by atomic mass is 16.8. The van der Waals surface area contributed by atoms with E-state index in [1.165, 1.54) is 6.33 Å². The number of nitrogens with two attached hydrogens (primary N) is 1. The maximum atomic E-state index is 9.54. The van der Waals surface area contributed by atoms with E-state index < -0.39 is 11.9 Å². The Labute approximate surface area is 126 Å². The monoisotopic (exact) mass is 306 g/mol. The summed E-state index contributed by atoms with van der Waals surface area (Å²) in [4.78, 5) is 3.98. The lowest BCUT2D eigenvalue weighted by molar-refractivity contribution is -0.191. The number of ether oxygens (including phenoxy) is 3. The predicted octanol–water partition coefficient (Wildman–Crippen LogP) is 0.264. The van der Waals surface area contributed by atoms with Gasteiger partial charge in [-0.05, 0) is 26.0 Å². The fourth-order valence-electron chi connectivity index (χ4n) is 3.26. The van der Waals surface area contributed by atoms with Gasteiger partial charge >= 0.3 is 0 Å². The number of aliphatic hydroxyl groups excluding tert-OH is 1. The zero-order chi connectivity index (χ0) is 15.5. The highest BCUT2D eigenvalue weighted by Crippen LogP contribution is 2.45. The van der Waals surface area contributed by atoms with Crippen LogP contribution in [-0.4, -0.2) is 50.4 Å². The van der Waals surface area contributed by atoms with Gasteiger partial charge in [-0.15, -0.1) is 0 Å². The number of aliphatic hydroxyl groups is 1. The molecule has 2 aromatic rings. The highest BCUT2D eigenvalue weighted by molar-refractivity contribution is 5.65. The zero-order valence-electron chi connectivity index (χ0n) is 12.3. The van der Waals surface area contributed by atoms with Crippen molar-refractivity contribution < 1.29 is 19.3 Å². The predicted molar refractivity (Wildman–Crippen MR) is 75.9 cm³/mol. The van der Waals surface area contributed by atoms with Crippen molar-refractivity contribution >= 4 is 11.3 Å². The molecule has 0 saturated carbocycles. The standard InChI is InChI=1S/C14H18N4O4/c1-14(2)21-11-9(5-19)20-10(12(11)22-14)7-3-4-8-13(15)16-6-17-18(7)8/h3-4,6,9-12,19H,5H2,1-2H3,(H2,15,16,17)/t9-,10?,11-,12+/m1/s1. The van der Waals surface area contributed by atoms with Gasteiger partial charge in [-0.2, -0.15) is 5.10 Å². The van der Waals surface area contributed by atoms with E-state index in [2.05, 4.69) is 10.1 Å². The molecule has 8 nitrogen and oxygen atoms in total. The second-order valence-electron chi connectivity index (χ2n) is 6.04. The van der Waals surface area contributed by atoms with Crippen molar-refractivity contribution in [3.8, 4) is 0 Å².